The molecule has 0 amide bonds. The number of aromatic nitrogens is 1. The highest BCUT2D eigenvalue weighted by Crippen LogP contribution is 2.59. The van der Waals surface area contributed by atoms with Gasteiger partial charge in [0.25, 0.3) is 0 Å². The molecule has 0 spiro atoms. The summed E-state index contributed by atoms with van der Waals surface area (Å²) >= 11 is 0. The number of ether oxygens (including phenoxy) is 1. The molecule has 36 heavy (non-hydrogen) atoms. The van der Waals surface area contributed by atoms with E-state index < -0.39 is 0 Å². The monoisotopic (exact) mass is 481 g/mol. The van der Waals surface area contributed by atoms with E-state index in [1.807, 2.05) is 36.4 Å². The molecular formula is C32H35NO3. The van der Waals surface area contributed by atoms with Gasteiger partial charge >= 0.3 is 5.97 Å². The maximum atomic E-state index is 13.5. The van der Waals surface area contributed by atoms with Gasteiger partial charge in [-0.1, -0.05) is 37.3 Å². The Morgan fingerprint density at radius 2 is 1.58 bits per heavy atom. The zero-order valence-corrected chi connectivity index (χ0v) is 21.1. The second-order valence-electron chi connectivity index (χ2n) is 12.2. The molecule has 0 bridgehead atoms. The number of esters is 1. The van der Waals surface area contributed by atoms with Crippen molar-refractivity contribution >= 4 is 33.6 Å². The molecule has 1 heterocycles. The molecule has 2 aromatic carbocycles. The van der Waals surface area contributed by atoms with Crippen molar-refractivity contribution in [1.82, 2.24) is 4.98 Å². The van der Waals surface area contributed by atoms with Crippen LogP contribution in [0.5, 0.6) is 0 Å². The first-order valence-corrected chi connectivity index (χ1v) is 14.1. The highest BCUT2D eigenvalue weighted by Gasteiger charge is 2.53. The van der Waals surface area contributed by atoms with Crippen LogP contribution in [0.25, 0.3) is 21.8 Å². The van der Waals surface area contributed by atoms with Gasteiger partial charge in [0.05, 0.1) is 16.6 Å². The number of nitrogens with zero attached hydrogens (tertiary/aromatic N) is 1. The molecular weight excluding hydrogens is 446 g/mol. The van der Waals surface area contributed by atoms with Gasteiger partial charge in [-0.2, -0.15) is 0 Å². The molecule has 0 N–H and O–H groups in total. The van der Waals surface area contributed by atoms with Crippen LogP contribution >= 0.6 is 0 Å². The normalized spacial score (nSPS) is 35.8. The fraction of sp³-hybridized carbons (Fsp3) is 0.531. The van der Waals surface area contributed by atoms with E-state index >= 15 is 0 Å². The maximum Gasteiger partial charge on any atom is 0.340 e. The molecule has 4 heteroatoms. The van der Waals surface area contributed by atoms with Gasteiger partial charge in [-0.05, 0) is 98.1 Å². The van der Waals surface area contributed by atoms with E-state index in [1.165, 1.54) is 25.7 Å². The molecule has 4 nitrogen and oxygen atoms in total. The van der Waals surface area contributed by atoms with Crippen molar-refractivity contribution in [2.75, 3.05) is 0 Å². The first kappa shape index (κ1) is 22.4. The lowest BCUT2D eigenvalue weighted by molar-refractivity contribution is -0.130. The summed E-state index contributed by atoms with van der Waals surface area (Å²) in [4.78, 5) is 30.5. The van der Waals surface area contributed by atoms with Crippen molar-refractivity contribution in [1.29, 1.82) is 0 Å². The molecule has 0 unspecified atom stereocenters. The number of benzene rings is 2. The molecule has 0 radical (unpaired) electrons. The molecule has 0 aliphatic heterocycles. The fourth-order valence-corrected chi connectivity index (χ4v) is 9.07. The Morgan fingerprint density at radius 3 is 2.50 bits per heavy atom. The summed E-state index contributed by atoms with van der Waals surface area (Å²) in [5, 5.41) is 2.06. The average molecular weight is 482 g/mol. The van der Waals surface area contributed by atoms with Gasteiger partial charge in [0.15, 0.2) is 0 Å². The van der Waals surface area contributed by atoms with Crippen molar-refractivity contribution in [3.63, 3.8) is 0 Å². The van der Waals surface area contributed by atoms with E-state index in [9.17, 15) is 9.59 Å². The number of para-hydroxylation sites is 2. The lowest BCUT2D eigenvalue weighted by Gasteiger charge is -2.53. The van der Waals surface area contributed by atoms with E-state index in [4.69, 9.17) is 9.72 Å². The highest BCUT2D eigenvalue weighted by atomic mass is 16.5. The molecule has 1 aromatic heterocycles. The van der Waals surface area contributed by atoms with Crippen LogP contribution in [0.1, 0.15) is 68.6 Å². The standard InChI is InChI=1S/C32H35NO3/c1-18-15-22(34)17-20-9-10-24-23-13-14-29(25(23)11-12-26(24)30(18)20)36-32(35)27-7-4-6-21-16-19-5-2-3-8-28(19)33-31(21)27/h2-8,16,18,20,23-26,29-30H,9-15,17H2,1H3/t18-,20+,23+,24+,25+,26+,29+,30+/m1/s1. The van der Waals surface area contributed by atoms with Gasteiger partial charge in [0, 0.05) is 23.6 Å². The molecule has 0 saturated heterocycles. The molecule has 4 aliphatic carbocycles. The van der Waals surface area contributed by atoms with Crippen LogP contribution in [0.3, 0.4) is 0 Å². The van der Waals surface area contributed by atoms with Gasteiger partial charge in [0.2, 0.25) is 0 Å². The van der Waals surface area contributed by atoms with Crippen LogP contribution in [-0.4, -0.2) is 22.8 Å². The van der Waals surface area contributed by atoms with Crippen molar-refractivity contribution in [3.8, 4) is 0 Å². The van der Waals surface area contributed by atoms with E-state index in [0.717, 1.165) is 65.2 Å². The zero-order chi connectivity index (χ0) is 24.4. The summed E-state index contributed by atoms with van der Waals surface area (Å²) < 4.78 is 6.28. The van der Waals surface area contributed by atoms with E-state index in [2.05, 4.69) is 19.1 Å². The minimum atomic E-state index is -0.223. The van der Waals surface area contributed by atoms with Crippen molar-refractivity contribution in [2.24, 2.45) is 41.4 Å². The number of ketones is 1. The summed E-state index contributed by atoms with van der Waals surface area (Å²) in [7, 11) is 0. The summed E-state index contributed by atoms with van der Waals surface area (Å²) in [6, 6.07) is 16.0. The number of carbonyl (C=O) groups excluding carboxylic acids is 2. The number of Topliss-reactive ketones (excluding diaryl/α,β-unsaturated/α-hetero) is 1. The van der Waals surface area contributed by atoms with Gasteiger partial charge in [-0.15, -0.1) is 0 Å². The van der Waals surface area contributed by atoms with Crippen LogP contribution in [0.2, 0.25) is 0 Å². The summed E-state index contributed by atoms with van der Waals surface area (Å²) in [6.07, 6.45) is 8.64. The SMILES string of the molecule is C[C@@H]1CC(=O)C[C@@H]2CC[C@H]3[C@@H]4CC[C@H](OC(=O)c5cccc6cc7ccccc7nc56)[C@H]4CC[C@@H]3[C@H]21. The maximum absolute atomic E-state index is 13.5. The Labute approximate surface area is 212 Å². The van der Waals surface area contributed by atoms with Crippen molar-refractivity contribution < 1.29 is 14.3 Å². The molecule has 7 rings (SSSR count). The Kier molecular flexibility index (Phi) is 5.41. The number of fused-ring (bicyclic) bond motifs is 7. The summed E-state index contributed by atoms with van der Waals surface area (Å²) in [6.45, 7) is 2.32. The van der Waals surface area contributed by atoms with E-state index in [1.54, 1.807) is 0 Å². The van der Waals surface area contributed by atoms with Crippen molar-refractivity contribution in [3.05, 3.63) is 54.1 Å². The topological polar surface area (TPSA) is 56.3 Å². The molecule has 186 valence electrons. The zero-order valence-electron chi connectivity index (χ0n) is 21.1. The minimum absolute atomic E-state index is 0.0160. The lowest BCUT2D eigenvalue weighted by Crippen LogP contribution is -2.48. The predicted octanol–water partition coefficient (Wildman–Crippen LogP) is 6.99. The van der Waals surface area contributed by atoms with E-state index in [-0.39, 0.29) is 12.1 Å². The largest absolute Gasteiger partial charge is 0.458 e. The molecule has 8 atom stereocenters. The van der Waals surface area contributed by atoms with Crippen LogP contribution in [-0.2, 0) is 9.53 Å². The first-order valence-electron chi connectivity index (χ1n) is 14.1. The molecule has 4 aliphatic rings. The van der Waals surface area contributed by atoms with Crippen LogP contribution in [0, 0.1) is 41.4 Å². The van der Waals surface area contributed by atoms with Gasteiger partial charge < -0.3 is 4.74 Å². The second kappa shape index (κ2) is 8.68. The molecule has 4 fully saturated rings. The Bertz CT molecular complexity index is 1350. The van der Waals surface area contributed by atoms with Crippen LogP contribution in [0.4, 0.5) is 0 Å². The van der Waals surface area contributed by atoms with Gasteiger partial charge in [-0.25, -0.2) is 9.78 Å². The molecule has 3 aromatic rings. The third-order valence-electron chi connectivity index (χ3n) is 10.4. The average Bonchev–Trinajstić information content (AvgIpc) is 3.29. The Morgan fingerprint density at radius 1 is 0.833 bits per heavy atom. The van der Waals surface area contributed by atoms with E-state index in [0.29, 0.717) is 35.0 Å². The fourth-order valence-electron chi connectivity index (χ4n) is 9.07. The number of hydrogen-bond donors (Lipinski definition) is 0. The first-order chi connectivity index (χ1) is 17.6. The van der Waals surface area contributed by atoms with Gasteiger partial charge in [0.1, 0.15) is 11.9 Å². The third-order valence-corrected chi connectivity index (χ3v) is 10.4. The minimum Gasteiger partial charge on any atom is -0.458 e. The smallest absolute Gasteiger partial charge is 0.340 e. The van der Waals surface area contributed by atoms with Crippen LogP contribution in [0.15, 0.2) is 48.5 Å². The second-order valence-corrected chi connectivity index (χ2v) is 12.2. The number of carbonyl (C=O) groups is 2. The molecule has 4 saturated carbocycles. The van der Waals surface area contributed by atoms with Crippen molar-refractivity contribution in [2.45, 2.75) is 64.4 Å². The summed E-state index contributed by atoms with van der Waals surface area (Å²) in [5.74, 6) is 4.79. The predicted molar refractivity (Wildman–Crippen MR) is 140 cm³/mol. The number of rotatable bonds is 2. The van der Waals surface area contributed by atoms with Crippen LogP contribution < -0.4 is 0 Å². The third kappa shape index (κ3) is 3.59. The lowest BCUT2D eigenvalue weighted by atomic mass is 9.51. The van der Waals surface area contributed by atoms with Gasteiger partial charge in [-0.3, -0.25) is 4.79 Å². The Balaban J connectivity index is 1.11. The summed E-state index contributed by atoms with van der Waals surface area (Å²) in [5.41, 5.74) is 2.22. The number of pyridine rings is 1. The quantitative estimate of drug-likeness (QED) is 0.292. The highest BCUT2D eigenvalue weighted by molar-refractivity contribution is 6.05. The Hall–Kier alpha value is -2.75. The number of hydrogen-bond acceptors (Lipinski definition) is 4.